The molecule has 1 N–H and O–H groups in total. The Hall–Kier alpha value is -1.75. The predicted molar refractivity (Wildman–Crippen MR) is 74.7 cm³/mol. The SMILES string of the molecule is CCNC(CCc1ccncc1)Cc1ncnn1C. The second kappa shape index (κ2) is 6.99. The number of aromatic nitrogens is 4. The first kappa shape index (κ1) is 13.7. The van der Waals surface area contributed by atoms with Crippen LogP contribution in [0.4, 0.5) is 0 Å². The van der Waals surface area contributed by atoms with Crippen molar-refractivity contribution < 1.29 is 0 Å². The summed E-state index contributed by atoms with van der Waals surface area (Å²) in [5, 5.41) is 7.64. The smallest absolute Gasteiger partial charge is 0.138 e. The topological polar surface area (TPSA) is 55.6 Å². The lowest BCUT2D eigenvalue weighted by atomic mass is 10.0. The van der Waals surface area contributed by atoms with Crippen molar-refractivity contribution in [1.29, 1.82) is 0 Å². The zero-order valence-corrected chi connectivity index (χ0v) is 11.6. The lowest BCUT2D eigenvalue weighted by Gasteiger charge is -2.17. The van der Waals surface area contributed by atoms with Gasteiger partial charge in [-0.3, -0.25) is 9.67 Å². The Morgan fingerprint density at radius 3 is 2.74 bits per heavy atom. The predicted octanol–water partition coefficient (Wildman–Crippen LogP) is 1.36. The first-order valence-corrected chi connectivity index (χ1v) is 6.74. The number of aryl methyl sites for hydroxylation is 2. The van der Waals surface area contributed by atoms with E-state index >= 15 is 0 Å². The molecule has 0 aromatic carbocycles. The summed E-state index contributed by atoms with van der Waals surface area (Å²) in [6.45, 7) is 3.11. The van der Waals surface area contributed by atoms with Crippen molar-refractivity contribution in [3.8, 4) is 0 Å². The molecule has 1 unspecified atom stereocenters. The Morgan fingerprint density at radius 1 is 1.32 bits per heavy atom. The molecule has 0 aliphatic rings. The summed E-state index contributed by atoms with van der Waals surface area (Å²) < 4.78 is 1.84. The Balaban J connectivity index is 1.91. The Bertz CT molecular complexity index is 480. The summed E-state index contributed by atoms with van der Waals surface area (Å²) in [6, 6.07) is 4.58. The van der Waals surface area contributed by atoms with E-state index in [1.54, 1.807) is 6.33 Å². The van der Waals surface area contributed by atoms with E-state index in [2.05, 4.69) is 39.4 Å². The summed E-state index contributed by atoms with van der Waals surface area (Å²) in [7, 11) is 1.94. The number of likely N-dealkylation sites (N-methyl/N-ethyl adjacent to an activating group) is 1. The van der Waals surface area contributed by atoms with Crippen LogP contribution in [0.2, 0.25) is 0 Å². The molecule has 2 aromatic rings. The fourth-order valence-electron chi connectivity index (χ4n) is 2.18. The molecule has 0 radical (unpaired) electrons. The Labute approximate surface area is 114 Å². The van der Waals surface area contributed by atoms with Crippen molar-refractivity contribution in [3.63, 3.8) is 0 Å². The van der Waals surface area contributed by atoms with Crippen LogP contribution >= 0.6 is 0 Å². The maximum Gasteiger partial charge on any atom is 0.138 e. The van der Waals surface area contributed by atoms with E-state index in [0.717, 1.165) is 31.6 Å². The van der Waals surface area contributed by atoms with Crippen LogP contribution in [0.5, 0.6) is 0 Å². The van der Waals surface area contributed by atoms with Crippen molar-refractivity contribution in [3.05, 3.63) is 42.2 Å². The highest BCUT2D eigenvalue weighted by Gasteiger charge is 2.12. The highest BCUT2D eigenvalue weighted by atomic mass is 15.3. The van der Waals surface area contributed by atoms with Gasteiger partial charge in [-0.15, -0.1) is 0 Å². The minimum Gasteiger partial charge on any atom is -0.314 e. The molecule has 2 heterocycles. The lowest BCUT2D eigenvalue weighted by molar-refractivity contribution is 0.472. The van der Waals surface area contributed by atoms with E-state index in [1.807, 2.05) is 24.1 Å². The van der Waals surface area contributed by atoms with Gasteiger partial charge < -0.3 is 5.32 Å². The number of hydrogen-bond donors (Lipinski definition) is 1. The third kappa shape index (κ3) is 4.13. The first-order valence-electron chi connectivity index (χ1n) is 6.74. The average Bonchev–Trinajstić information content (AvgIpc) is 2.83. The molecule has 5 nitrogen and oxygen atoms in total. The van der Waals surface area contributed by atoms with Crippen LogP contribution < -0.4 is 5.32 Å². The van der Waals surface area contributed by atoms with Gasteiger partial charge in [0.2, 0.25) is 0 Å². The summed E-state index contributed by atoms with van der Waals surface area (Å²) >= 11 is 0. The highest BCUT2D eigenvalue weighted by Crippen LogP contribution is 2.07. The molecule has 1 atom stereocenters. The first-order chi connectivity index (χ1) is 9.29. The van der Waals surface area contributed by atoms with Crippen molar-refractivity contribution >= 4 is 0 Å². The number of hydrogen-bond acceptors (Lipinski definition) is 4. The van der Waals surface area contributed by atoms with Gasteiger partial charge in [0, 0.05) is 31.9 Å². The molecule has 0 saturated heterocycles. The molecule has 0 fully saturated rings. The second-order valence-electron chi connectivity index (χ2n) is 4.65. The summed E-state index contributed by atoms with van der Waals surface area (Å²) in [5.74, 6) is 1.03. The molecule has 0 aliphatic heterocycles. The van der Waals surface area contributed by atoms with Crippen LogP contribution in [0.15, 0.2) is 30.9 Å². The quantitative estimate of drug-likeness (QED) is 0.816. The molecule has 5 heteroatoms. The molecule has 19 heavy (non-hydrogen) atoms. The number of pyridine rings is 1. The van der Waals surface area contributed by atoms with Gasteiger partial charge in [-0.25, -0.2) is 4.98 Å². The standard InChI is InChI=1S/C14H21N5/c1-3-16-13(10-14-17-11-18-19(14)2)5-4-12-6-8-15-9-7-12/h6-9,11,13,16H,3-5,10H2,1-2H3. The van der Waals surface area contributed by atoms with Crippen LogP contribution in [0, 0.1) is 0 Å². The van der Waals surface area contributed by atoms with Crippen LogP contribution in [-0.4, -0.2) is 32.3 Å². The van der Waals surface area contributed by atoms with E-state index in [1.165, 1.54) is 5.56 Å². The minimum absolute atomic E-state index is 0.432. The zero-order chi connectivity index (χ0) is 13.5. The molecule has 0 amide bonds. The zero-order valence-electron chi connectivity index (χ0n) is 11.6. The molecule has 0 saturated carbocycles. The van der Waals surface area contributed by atoms with Crippen LogP contribution in [0.25, 0.3) is 0 Å². The van der Waals surface area contributed by atoms with Gasteiger partial charge in [0.15, 0.2) is 0 Å². The van der Waals surface area contributed by atoms with Gasteiger partial charge in [0.25, 0.3) is 0 Å². The second-order valence-corrected chi connectivity index (χ2v) is 4.65. The van der Waals surface area contributed by atoms with Gasteiger partial charge >= 0.3 is 0 Å². The number of nitrogens with zero attached hydrogens (tertiary/aromatic N) is 4. The summed E-state index contributed by atoms with van der Waals surface area (Å²) in [6.07, 6.45) is 8.36. The van der Waals surface area contributed by atoms with E-state index in [9.17, 15) is 0 Å². The fourth-order valence-corrected chi connectivity index (χ4v) is 2.18. The number of nitrogens with one attached hydrogen (secondary N) is 1. The van der Waals surface area contributed by atoms with Gasteiger partial charge in [-0.05, 0) is 37.1 Å². The highest BCUT2D eigenvalue weighted by molar-refractivity contribution is 5.10. The van der Waals surface area contributed by atoms with E-state index in [4.69, 9.17) is 0 Å². The summed E-state index contributed by atoms with van der Waals surface area (Å²) in [5.41, 5.74) is 1.33. The average molecular weight is 259 g/mol. The Morgan fingerprint density at radius 2 is 2.11 bits per heavy atom. The fraction of sp³-hybridized carbons (Fsp3) is 0.500. The normalized spacial score (nSPS) is 12.5. The van der Waals surface area contributed by atoms with Gasteiger partial charge in [-0.1, -0.05) is 6.92 Å². The van der Waals surface area contributed by atoms with Crippen molar-refractivity contribution in [2.24, 2.45) is 7.05 Å². The third-order valence-electron chi connectivity index (χ3n) is 3.26. The van der Waals surface area contributed by atoms with Crippen molar-refractivity contribution in [2.75, 3.05) is 6.54 Å². The number of rotatable bonds is 7. The maximum absolute atomic E-state index is 4.29. The van der Waals surface area contributed by atoms with Crippen LogP contribution in [0.1, 0.15) is 24.7 Å². The van der Waals surface area contributed by atoms with E-state index < -0.39 is 0 Å². The van der Waals surface area contributed by atoms with Crippen LogP contribution in [0.3, 0.4) is 0 Å². The molecule has 0 aliphatic carbocycles. The molecular formula is C14H21N5. The van der Waals surface area contributed by atoms with E-state index in [-0.39, 0.29) is 0 Å². The van der Waals surface area contributed by atoms with Gasteiger partial charge in [0.1, 0.15) is 12.2 Å². The molecule has 0 spiro atoms. The maximum atomic E-state index is 4.29. The molecule has 2 aromatic heterocycles. The lowest BCUT2D eigenvalue weighted by Crippen LogP contribution is -2.32. The Kier molecular flexibility index (Phi) is 5.03. The molecular weight excluding hydrogens is 238 g/mol. The van der Waals surface area contributed by atoms with Crippen LogP contribution in [-0.2, 0) is 19.9 Å². The largest absolute Gasteiger partial charge is 0.314 e. The monoisotopic (exact) mass is 259 g/mol. The molecule has 0 bridgehead atoms. The van der Waals surface area contributed by atoms with E-state index in [0.29, 0.717) is 6.04 Å². The third-order valence-corrected chi connectivity index (χ3v) is 3.26. The minimum atomic E-state index is 0.432. The molecule has 102 valence electrons. The van der Waals surface area contributed by atoms with Crippen molar-refractivity contribution in [2.45, 2.75) is 32.2 Å². The van der Waals surface area contributed by atoms with Crippen molar-refractivity contribution in [1.82, 2.24) is 25.1 Å². The van der Waals surface area contributed by atoms with Gasteiger partial charge in [0.05, 0.1) is 0 Å². The summed E-state index contributed by atoms with van der Waals surface area (Å²) in [4.78, 5) is 8.34. The molecule has 2 rings (SSSR count). The van der Waals surface area contributed by atoms with Gasteiger partial charge in [-0.2, -0.15) is 5.10 Å².